The molecule has 0 aromatic heterocycles. The summed E-state index contributed by atoms with van der Waals surface area (Å²) in [6.07, 6.45) is 0.652. The van der Waals surface area contributed by atoms with E-state index in [4.69, 9.17) is 10.5 Å². The van der Waals surface area contributed by atoms with Crippen LogP contribution >= 0.6 is 0 Å². The standard InChI is InChI=1S/C11H16FNO/c1-3-8-9(11(13)7-14-2)5-4-6-10(8)12/h4-6,11H,3,7,13H2,1-2H3. The molecule has 1 aromatic rings. The van der Waals surface area contributed by atoms with Crippen LogP contribution in [0.15, 0.2) is 18.2 Å². The molecular formula is C11H16FNO. The average Bonchev–Trinajstić information content (AvgIpc) is 2.17. The molecule has 0 fully saturated rings. The number of benzene rings is 1. The molecule has 0 spiro atoms. The fraction of sp³-hybridized carbons (Fsp3) is 0.455. The van der Waals surface area contributed by atoms with Crippen LogP contribution < -0.4 is 5.73 Å². The minimum Gasteiger partial charge on any atom is -0.383 e. The van der Waals surface area contributed by atoms with Crippen molar-refractivity contribution in [2.24, 2.45) is 5.73 Å². The zero-order valence-electron chi connectivity index (χ0n) is 8.59. The Bertz CT molecular complexity index is 301. The maximum atomic E-state index is 13.4. The van der Waals surface area contributed by atoms with E-state index in [1.165, 1.54) is 6.07 Å². The van der Waals surface area contributed by atoms with E-state index in [0.29, 0.717) is 18.6 Å². The summed E-state index contributed by atoms with van der Waals surface area (Å²) in [5.41, 5.74) is 7.39. The maximum absolute atomic E-state index is 13.4. The first kappa shape index (κ1) is 11.1. The lowest BCUT2D eigenvalue weighted by atomic mass is 9.99. The van der Waals surface area contributed by atoms with Gasteiger partial charge in [-0.05, 0) is 23.6 Å². The molecule has 0 radical (unpaired) electrons. The van der Waals surface area contributed by atoms with Crippen LogP contribution in [0.1, 0.15) is 24.1 Å². The summed E-state index contributed by atoms with van der Waals surface area (Å²) < 4.78 is 18.3. The Morgan fingerprint density at radius 1 is 1.50 bits per heavy atom. The Morgan fingerprint density at radius 2 is 2.21 bits per heavy atom. The van der Waals surface area contributed by atoms with Crippen LogP contribution in [0.4, 0.5) is 4.39 Å². The first-order valence-corrected chi connectivity index (χ1v) is 4.72. The van der Waals surface area contributed by atoms with Gasteiger partial charge in [-0.3, -0.25) is 0 Å². The second kappa shape index (κ2) is 5.08. The highest BCUT2D eigenvalue weighted by atomic mass is 19.1. The highest BCUT2D eigenvalue weighted by Gasteiger charge is 2.12. The normalized spacial score (nSPS) is 12.9. The maximum Gasteiger partial charge on any atom is 0.126 e. The smallest absolute Gasteiger partial charge is 0.126 e. The number of hydrogen-bond acceptors (Lipinski definition) is 2. The average molecular weight is 197 g/mol. The van der Waals surface area contributed by atoms with E-state index < -0.39 is 0 Å². The first-order chi connectivity index (χ1) is 6.70. The molecule has 0 aliphatic heterocycles. The van der Waals surface area contributed by atoms with Gasteiger partial charge in [0.25, 0.3) is 0 Å². The summed E-state index contributed by atoms with van der Waals surface area (Å²) in [5.74, 6) is -0.184. The van der Waals surface area contributed by atoms with Crippen LogP contribution in [-0.4, -0.2) is 13.7 Å². The topological polar surface area (TPSA) is 35.2 Å². The Hall–Kier alpha value is -0.930. The second-order valence-corrected chi connectivity index (χ2v) is 3.22. The van der Waals surface area contributed by atoms with Crippen LogP contribution in [0.5, 0.6) is 0 Å². The summed E-state index contributed by atoms with van der Waals surface area (Å²) in [6.45, 7) is 2.33. The minimum absolute atomic E-state index is 0.184. The molecule has 1 rings (SSSR count). The molecule has 0 aliphatic rings. The Balaban J connectivity index is 3.00. The molecule has 3 heteroatoms. The van der Waals surface area contributed by atoms with E-state index in [-0.39, 0.29) is 11.9 Å². The summed E-state index contributed by atoms with van der Waals surface area (Å²) in [5, 5.41) is 0. The van der Waals surface area contributed by atoms with Gasteiger partial charge in [0.15, 0.2) is 0 Å². The summed E-state index contributed by atoms with van der Waals surface area (Å²) in [6, 6.07) is 4.75. The van der Waals surface area contributed by atoms with Crippen LogP contribution in [-0.2, 0) is 11.2 Å². The van der Waals surface area contributed by atoms with E-state index in [0.717, 1.165) is 5.56 Å². The van der Waals surface area contributed by atoms with E-state index >= 15 is 0 Å². The summed E-state index contributed by atoms with van der Waals surface area (Å²) >= 11 is 0. The molecular weight excluding hydrogens is 181 g/mol. The second-order valence-electron chi connectivity index (χ2n) is 3.22. The highest BCUT2D eigenvalue weighted by Crippen LogP contribution is 2.19. The SMILES string of the molecule is CCc1c(F)cccc1C(N)COC. The monoisotopic (exact) mass is 197 g/mol. The highest BCUT2D eigenvalue weighted by molar-refractivity contribution is 5.31. The van der Waals surface area contributed by atoms with E-state index in [2.05, 4.69) is 0 Å². The van der Waals surface area contributed by atoms with Crippen molar-refractivity contribution in [2.75, 3.05) is 13.7 Å². The van der Waals surface area contributed by atoms with Crippen molar-refractivity contribution >= 4 is 0 Å². The fourth-order valence-electron chi connectivity index (χ4n) is 1.57. The quantitative estimate of drug-likeness (QED) is 0.801. The molecule has 1 aromatic carbocycles. The largest absolute Gasteiger partial charge is 0.383 e. The third-order valence-corrected chi connectivity index (χ3v) is 2.25. The van der Waals surface area contributed by atoms with E-state index in [1.54, 1.807) is 13.2 Å². The van der Waals surface area contributed by atoms with Crippen molar-refractivity contribution in [3.63, 3.8) is 0 Å². The van der Waals surface area contributed by atoms with Crippen molar-refractivity contribution < 1.29 is 9.13 Å². The molecule has 1 unspecified atom stereocenters. The molecule has 1 atom stereocenters. The fourth-order valence-corrected chi connectivity index (χ4v) is 1.57. The van der Waals surface area contributed by atoms with Crippen LogP contribution in [0.25, 0.3) is 0 Å². The summed E-state index contributed by atoms with van der Waals surface area (Å²) in [4.78, 5) is 0. The number of hydrogen-bond donors (Lipinski definition) is 1. The number of nitrogens with two attached hydrogens (primary N) is 1. The molecule has 78 valence electrons. The number of ether oxygens (including phenoxy) is 1. The van der Waals surface area contributed by atoms with Gasteiger partial charge in [-0.1, -0.05) is 19.1 Å². The predicted molar refractivity (Wildman–Crippen MR) is 54.6 cm³/mol. The van der Waals surface area contributed by atoms with Gasteiger partial charge in [0.2, 0.25) is 0 Å². The molecule has 0 saturated carbocycles. The molecule has 0 amide bonds. The molecule has 14 heavy (non-hydrogen) atoms. The number of halogens is 1. The van der Waals surface area contributed by atoms with Gasteiger partial charge >= 0.3 is 0 Å². The molecule has 0 aliphatic carbocycles. The Kier molecular flexibility index (Phi) is 4.04. The van der Waals surface area contributed by atoms with Crippen molar-refractivity contribution in [1.29, 1.82) is 0 Å². The molecule has 0 saturated heterocycles. The molecule has 2 nitrogen and oxygen atoms in total. The van der Waals surface area contributed by atoms with Gasteiger partial charge in [0.1, 0.15) is 5.82 Å². The Labute approximate surface area is 83.9 Å². The van der Waals surface area contributed by atoms with Gasteiger partial charge in [0.05, 0.1) is 12.6 Å². The zero-order chi connectivity index (χ0) is 10.6. The first-order valence-electron chi connectivity index (χ1n) is 4.72. The molecule has 2 N–H and O–H groups in total. The lowest BCUT2D eigenvalue weighted by Gasteiger charge is -2.15. The van der Waals surface area contributed by atoms with Crippen LogP contribution in [0.3, 0.4) is 0 Å². The predicted octanol–water partition coefficient (Wildman–Crippen LogP) is 2.03. The van der Waals surface area contributed by atoms with Gasteiger partial charge in [-0.25, -0.2) is 4.39 Å². The third-order valence-electron chi connectivity index (χ3n) is 2.25. The van der Waals surface area contributed by atoms with Crippen molar-refractivity contribution in [1.82, 2.24) is 0 Å². The van der Waals surface area contributed by atoms with Crippen molar-refractivity contribution in [3.8, 4) is 0 Å². The Morgan fingerprint density at radius 3 is 2.79 bits per heavy atom. The molecule has 0 bridgehead atoms. The van der Waals surface area contributed by atoms with E-state index in [9.17, 15) is 4.39 Å². The van der Waals surface area contributed by atoms with Gasteiger partial charge < -0.3 is 10.5 Å². The van der Waals surface area contributed by atoms with Crippen LogP contribution in [0.2, 0.25) is 0 Å². The van der Waals surface area contributed by atoms with Gasteiger partial charge in [0, 0.05) is 7.11 Å². The third kappa shape index (κ3) is 2.30. The van der Waals surface area contributed by atoms with Crippen LogP contribution in [0, 0.1) is 5.82 Å². The number of rotatable bonds is 4. The van der Waals surface area contributed by atoms with Gasteiger partial charge in [-0.15, -0.1) is 0 Å². The number of methoxy groups -OCH3 is 1. The summed E-state index contributed by atoms with van der Waals surface area (Å²) in [7, 11) is 1.59. The van der Waals surface area contributed by atoms with Crippen molar-refractivity contribution in [3.05, 3.63) is 35.1 Å². The van der Waals surface area contributed by atoms with E-state index in [1.807, 2.05) is 13.0 Å². The zero-order valence-corrected chi connectivity index (χ0v) is 8.59. The minimum atomic E-state index is -0.245. The lowest BCUT2D eigenvalue weighted by Crippen LogP contribution is -2.18. The lowest BCUT2D eigenvalue weighted by molar-refractivity contribution is 0.180. The molecule has 0 heterocycles. The van der Waals surface area contributed by atoms with Crippen molar-refractivity contribution in [2.45, 2.75) is 19.4 Å². The van der Waals surface area contributed by atoms with Gasteiger partial charge in [-0.2, -0.15) is 0 Å².